The van der Waals surface area contributed by atoms with Crippen molar-refractivity contribution in [3.63, 3.8) is 0 Å². The van der Waals surface area contributed by atoms with E-state index in [1.165, 1.54) is 24.3 Å². The van der Waals surface area contributed by atoms with Crippen LogP contribution in [0.1, 0.15) is 15.9 Å². The molecule has 0 saturated heterocycles. The lowest BCUT2D eigenvalue weighted by atomic mass is 10.1. The van der Waals surface area contributed by atoms with Crippen LogP contribution in [0.25, 0.3) is 6.08 Å². The van der Waals surface area contributed by atoms with Crippen molar-refractivity contribution in [1.29, 1.82) is 0 Å². The molecule has 0 spiro atoms. The first-order valence-corrected chi connectivity index (χ1v) is 7.30. The number of aromatic carboxylic acids is 1. The average Bonchev–Trinajstić information content (AvgIpc) is 2.66. The van der Waals surface area contributed by atoms with Crippen LogP contribution in [0.3, 0.4) is 0 Å². The van der Waals surface area contributed by atoms with Crippen LogP contribution in [-0.2, 0) is 28.6 Å². The molecule has 0 bridgehead atoms. The van der Waals surface area contributed by atoms with Gasteiger partial charge in [-0.2, -0.15) is 0 Å². The maximum Gasteiger partial charge on any atom is 0.335 e. The maximum absolute atomic E-state index is 11.6. The summed E-state index contributed by atoms with van der Waals surface area (Å²) >= 11 is 0. The normalized spacial score (nSPS) is 9.93. The Morgan fingerprint density at radius 2 is 1.52 bits per heavy atom. The minimum Gasteiger partial charge on any atom is -0.478 e. The van der Waals surface area contributed by atoms with Gasteiger partial charge in [-0.05, 0) is 18.2 Å². The highest BCUT2D eigenvalue weighted by Gasteiger charge is 2.10. The predicted molar refractivity (Wildman–Crippen MR) is 91.5 cm³/mol. The van der Waals surface area contributed by atoms with Crippen LogP contribution in [0.2, 0.25) is 0 Å². The number of carboxylic acid groups (broad SMARTS) is 1. The monoisotopic (exact) mass is 376 g/mol. The van der Waals surface area contributed by atoms with Crippen LogP contribution < -0.4 is 4.74 Å². The number of hydrogen-bond donors (Lipinski definition) is 1. The third kappa shape index (κ3) is 7.69. The molecule has 0 amide bonds. The van der Waals surface area contributed by atoms with Crippen LogP contribution in [0.4, 0.5) is 0 Å². The Labute approximate surface area is 154 Å². The Balaban J connectivity index is 2.81. The lowest BCUT2D eigenvalue weighted by molar-refractivity contribution is -0.160. The average molecular weight is 376 g/mol. The number of hydrogen-bond acceptors (Lipinski definition) is 8. The maximum atomic E-state index is 11.6. The zero-order valence-electron chi connectivity index (χ0n) is 14.1. The highest BCUT2D eigenvalue weighted by Crippen LogP contribution is 2.22. The largest absolute Gasteiger partial charge is 0.478 e. The van der Waals surface area contributed by atoms with Gasteiger partial charge in [-0.3, -0.25) is 0 Å². The molecule has 9 heteroatoms. The molecule has 0 fully saturated rings. The molecule has 9 nitrogen and oxygen atoms in total. The third-order valence-corrected chi connectivity index (χ3v) is 2.81. The van der Waals surface area contributed by atoms with Crippen molar-refractivity contribution >= 4 is 30.0 Å². The van der Waals surface area contributed by atoms with Crippen LogP contribution >= 0.6 is 0 Å². The van der Waals surface area contributed by atoms with Crippen molar-refractivity contribution in [1.82, 2.24) is 0 Å². The first-order valence-electron chi connectivity index (χ1n) is 7.30. The second-order valence-electron chi connectivity index (χ2n) is 4.57. The SMILES string of the molecule is C=CC(=O)OCOC(=O)/C=C/c1ccc(C(=O)O)cc1OCOC(=O)C=C. The van der Waals surface area contributed by atoms with E-state index in [0.29, 0.717) is 5.56 Å². The van der Waals surface area contributed by atoms with E-state index >= 15 is 0 Å². The van der Waals surface area contributed by atoms with Gasteiger partial charge >= 0.3 is 23.9 Å². The number of carbonyl (C=O) groups is 4. The lowest BCUT2D eigenvalue weighted by Crippen LogP contribution is -2.10. The number of carboxylic acids is 1. The van der Waals surface area contributed by atoms with Crippen LogP contribution in [-0.4, -0.2) is 42.6 Å². The summed E-state index contributed by atoms with van der Waals surface area (Å²) in [6, 6.07) is 3.87. The zero-order chi connectivity index (χ0) is 20.2. The van der Waals surface area contributed by atoms with Gasteiger partial charge in [0.15, 0.2) is 0 Å². The molecule has 0 aliphatic heterocycles. The Morgan fingerprint density at radius 1 is 0.926 bits per heavy atom. The molecule has 0 unspecified atom stereocenters. The van der Waals surface area contributed by atoms with Crippen molar-refractivity contribution in [2.45, 2.75) is 0 Å². The van der Waals surface area contributed by atoms with Crippen molar-refractivity contribution in [3.8, 4) is 5.75 Å². The van der Waals surface area contributed by atoms with Gasteiger partial charge in [0.1, 0.15) is 5.75 Å². The molecule has 0 saturated carbocycles. The van der Waals surface area contributed by atoms with Crippen molar-refractivity contribution < 1.29 is 43.2 Å². The Hall–Kier alpha value is -3.88. The van der Waals surface area contributed by atoms with Gasteiger partial charge in [-0.15, -0.1) is 0 Å². The second kappa shape index (κ2) is 10.9. The second-order valence-corrected chi connectivity index (χ2v) is 4.57. The van der Waals surface area contributed by atoms with Crippen molar-refractivity contribution in [3.05, 3.63) is 60.7 Å². The third-order valence-electron chi connectivity index (χ3n) is 2.81. The highest BCUT2D eigenvalue weighted by molar-refractivity contribution is 5.90. The minimum atomic E-state index is -1.19. The molecular formula is C18H16O9. The van der Waals surface area contributed by atoms with E-state index in [2.05, 4.69) is 27.4 Å². The molecule has 0 atom stereocenters. The Kier molecular flexibility index (Phi) is 8.52. The first kappa shape index (κ1) is 21.2. The number of rotatable bonds is 10. The standard InChI is InChI=1S/C18H16O9/c1-3-15(19)25-10-24-14-9-13(18(22)23)6-5-12(14)7-8-17(21)27-11-26-16(20)4-2/h3-9H,1-2,10-11H2,(H,22,23)/b8-7+. The van der Waals surface area contributed by atoms with Gasteiger partial charge in [-0.25, -0.2) is 19.2 Å². The molecule has 0 radical (unpaired) electrons. The summed E-state index contributed by atoms with van der Waals surface area (Å²) in [6.45, 7) is 5.33. The van der Waals surface area contributed by atoms with E-state index in [-0.39, 0.29) is 11.3 Å². The van der Waals surface area contributed by atoms with E-state index in [4.69, 9.17) is 9.84 Å². The summed E-state index contributed by atoms with van der Waals surface area (Å²) in [5.41, 5.74) is 0.241. The van der Waals surface area contributed by atoms with E-state index in [1.807, 2.05) is 0 Å². The van der Waals surface area contributed by atoms with Crippen molar-refractivity contribution in [2.75, 3.05) is 13.6 Å². The Bertz CT molecular complexity index is 777. The van der Waals surface area contributed by atoms with Gasteiger partial charge in [0, 0.05) is 23.8 Å². The van der Waals surface area contributed by atoms with E-state index < -0.39 is 37.5 Å². The molecule has 0 aliphatic carbocycles. The van der Waals surface area contributed by atoms with Crippen LogP contribution in [0, 0.1) is 0 Å². The molecule has 27 heavy (non-hydrogen) atoms. The molecule has 0 heterocycles. The van der Waals surface area contributed by atoms with Crippen molar-refractivity contribution in [2.24, 2.45) is 0 Å². The fourth-order valence-electron chi connectivity index (χ4n) is 1.55. The molecular weight excluding hydrogens is 360 g/mol. The molecule has 0 aromatic heterocycles. The van der Waals surface area contributed by atoms with Gasteiger partial charge in [0.25, 0.3) is 0 Å². The van der Waals surface area contributed by atoms with E-state index in [0.717, 1.165) is 18.2 Å². The van der Waals surface area contributed by atoms with Gasteiger partial charge in [0.05, 0.1) is 5.56 Å². The summed E-state index contributed by atoms with van der Waals surface area (Å²) < 4.78 is 19.0. The minimum absolute atomic E-state index is 0.0499. The molecule has 0 aliphatic rings. The number of ether oxygens (including phenoxy) is 4. The molecule has 1 N–H and O–H groups in total. The molecule has 1 aromatic rings. The highest BCUT2D eigenvalue weighted by atomic mass is 16.7. The molecule has 1 rings (SSSR count). The number of benzene rings is 1. The van der Waals surface area contributed by atoms with Gasteiger partial charge in [-0.1, -0.05) is 19.2 Å². The van der Waals surface area contributed by atoms with Crippen LogP contribution in [0.15, 0.2) is 49.6 Å². The fraction of sp³-hybridized carbons (Fsp3) is 0.111. The summed E-state index contributed by atoms with van der Waals surface area (Å²) in [6.07, 6.45) is 4.15. The number of esters is 3. The first-order chi connectivity index (χ1) is 12.9. The van der Waals surface area contributed by atoms with E-state index in [1.54, 1.807) is 0 Å². The molecule has 142 valence electrons. The quantitative estimate of drug-likeness (QED) is 0.369. The van der Waals surface area contributed by atoms with E-state index in [9.17, 15) is 19.2 Å². The number of carbonyl (C=O) groups excluding carboxylic acids is 3. The Morgan fingerprint density at radius 3 is 2.11 bits per heavy atom. The summed E-state index contributed by atoms with van der Waals surface area (Å²) in [5, 5.41) is 9.04. The lowest BCUT2D eigenvalue weighted by Gasteiger charge is -2.10. The summed E-state index contributed by atoms with van der Waals surface area (Å²) in [5.74, 6) is -3.44. The summed E-state index contributed by atoms with van der Waals surface area (Å²) in [4.78, 5) is 44.5. The topological polar surface area (TPSA) is 125 Å². The fourth-order valence-corrected chi connectivity index (χ4v) is 1.55. The smallest absolute Gasteiger partial charge is 0.335 e. The van der Waals surface area contributed by atoms with Gasteiger partial charge < -0.3 is 24.1 Å². The zero-order valence-corrected chi connectivity index (χ0v) is 14.1. The van der Waals surface area contributed by atoms with Crippen LogP contribution in [0.5, 0.6) is 5.75 Å². The molecule has 1 aromatic carbocycles. The summed E-state index contributed by atoms with van der Waals surface area (Å²) in [7, 11) is 0. The predicted octanol–water partition coefficient (Wildman–Crippen LogP) is 1.69. The van der Waals surface area contributed by atoms with Gasteiger partial charge in [0.2, 0.25) is 13.6 Å².